The predicted molar refractivity (Wildman–Crippen MR) is 76.4 cm³/mol. The molecule has 0 aromatic carbocycles. The minimum Gasteiger partial charge on any atom is -0.313 e. The monoisotopic (exact) mass is 305 g/mol. The van der Waals surface area contributed by atoms with Crippen molar-refractivity contribution in [1.29, 1.82) is 0 Å². The standard InChI is InChI=1S/C14H16BrN3/c1-10-13(4-3-5-18-10)14(16-2)7-11-6-12(15)9-17-8-11/h3-6,8-9,14,16H,7H2,1-2H3. The van der Waals surface area contributed by atoms with Gasteiger partial charge in [-0.2, -0.15) is 0 Å². The molecule has 1 atom stereocenters. The van der Waals surface area contributed by atoms with Crippen LogP contribution in [0.4, 0.5) is 0 Å². The van der Waals surface area contributed by atoms with Crippen LogP contribution in [0.2, 0.25) is 0 Å². The zero-order valence-electron chi connectivity index (χ0n) is 10.5. The largest absolute Gasteiger partial charge is 0.313 e. The van der Waals surface area contributed by atoms with Crippen molar-refractivity contribution in [3.8, 4) is 0 Å². The smallest absolute Gasteiger partial charge is 0.0420 e. The van der Waals surface area contributed by atoms with Crippen molar-refractivity contribution >= 4 is 15.9 Å². The topological polar surface area (TPSA) is 37.8 Å². The van der Waals surface area contributed by atoms with Gasteiger partial charge in [0.05, 0.1) is 0 Å². The van der Waals surface area contributed by atoms with E-state index < -0.39 is 0 Å². The first-order valence-corrected chi connectivity index (χ1v) is 6.68. The van der Waals surface area contributed by atoms with Crippen LogP contribution in [0.5, 0.6) is 0 Å². The summed E-state index contributed by atoms with van der Waals surface area (Å²) >= 11 is 3.45. The molecule has 94 valence electrons. The molecule has 1 N–H and O–H groups in total. The van der Waals surface area contributed by atoms with Crippen LogP contribution in [0.3, 0.4) is 0 Å². The van der Waals surface area contributed by atoms with Crippen molar-refractivity contribution in [1.82, 2.24) is 15.3 Å². The van der Waals surface area contributed by atoms with Gasteiger partial charge in [-0.05, 0) is 59.6 Å². The fourth-order valence-corrected chi connectivity index (χ4v) is 2.45. The summed E-state index contributed by atoms with van der Waals surface area (Å²) in [4.78, 5) is 8.54. The van der Waals surface area contributed by atoms with Crippen LogP contribution in [0.15, 0.2) is 41.3 Å². The molecule has 0 amide bonds. The third kappa shape index (κ3) is 3.15. The number of pyridine rings is 2. The summed E-state index contributed by atoms with van der Waals surface area (Å²) in [5.41, 5.74) is 3.51. The van der Waals surface area contributed by atoms with E-state index in [1.165, 1.54) is 11.1 Å². The van der Waals surface area contributed by atoms with Crippen LogP contribution in [-0.4, -0.2) is 17.0 Å². The molecule has 2 heterocycles. The molecule has 0 bridgehead atoms. The number of nitrogens with zero attached hydrogens (tertiary/aromatic N) is 2. The second-order valence-electron chi connectivity index (χ2n) is 4.23. The Morgan fingerprint density at radius 3 is 2.89 bits per heavy atom. The molecule has 2 rings (SSSR count). The molecule has 2 aromatic heterocycles. The van der Waals surface area contributed by atoms with Crippen LogP contribution >= 0.6 is 15.9 Å². The molecule has 0 saturated carbocycles. The molecule has 0 saturated heterocycles. The van der Waals surface area contributed by atoms with Gasteiger partial charge in [0, 0.05) is 34.8 Å². The minimum absolute atomic E-state index is 0.259. The number of likely N-dealkylation sites (N-methyl/N-ethyl adjacent to an activating group) is 1. The van der Waals surface area contributed by atoms with Gasteiger partial charge < -0.3 is 5.32 Å². The Bertz CT molecular complexity index is 528. The van der Waals surface area contributed by atoms with E-state index in [0.29, 0.717) is 0 Å². The van der Waals surface area contributed by atoms with Gasteiger partial charge in [0.15, 0.2) is 0 Å². The molecule has 0 fully saturated rings. The molecular formula is C14H16BrN3. The number of rotatable bonds is 4. The SMILES string of the molecule is CNC(Cc1cncc(Br)c1)c1cccnc1C. The van der Waals surface area contributed by atoms with Crippen LogP contribution < -0.4 is 5.32 Å². The summed E-state index contributed by atoms with van der Waals surface area (Å²) in [7, 11) is 1.97. The number of aromatic nitrogens is 2. The lowest BCUT2D eigenvalue weighted by molar-refractivity contribution is 0.585. The molecule has 0 aliphatic rings. The van der Waals surface area contributed by atoms with Gasteiger partial charge in [-0.15, -0.1) is 0 Å². The molecular weight excluding hydrogens is 290 g/mol. The Morgan fingerprint density at radius 2 is 2.22 bits per heavy atom. The Kier molecular flexibility index (Phi) is 4.44. The van der Waals surface area contributed by atoms with Gasteiger partial charge in [0.2, 0.25) is 0 Å². The van der Waals surface area contributed by atoms with Gasteiger partial charge in [0.25, 0.3) is 0 Å². The van der Waals surface area contributed by atoms with Crippen molar-refractivity contribution in [3.63, 3.8) is 0 Å². The Balaban J connectivity index is 2.23. The first-order chi connectivity index (χ1) is 8.70. The number of hydrogen-bond acceptors (Lipinski definition) is 3. The first kappa shape index (κ1) is 13.2. The summed E-state index contributed by atoms with van der Waals surface area (Å²) < 4.78 is 1.01. The predicted octanol–water partition coefficient (Wildman–Crippen LogP) is 3.05. The van der Waals surface area contributed by atoms with Crippen molar-refractivity contribution in [3.05, 3.63) is 58.1 Å². The first-order valence-electron chi connectivity index (χ1n) is 5.89. The van der Waals surface area contributed by atoms with E-state index in [1.54, 1.807) is 6.20 Å². The average molecular weight is 306 g/mol. The molecule has 0 radical (unpaired) electrons. The zero-order chi connectivity index (χ0) is 13.0. The summed E-state index contributed by atoms with van der Waals surface area (Å²) in [6.45, 7) is 2.04. The highest BCUT2D eigenvalue weighted by atomic mass is 79.9. The quantitative estimate of drug-likeness (QED) is 0.943. The molecule has 0 aliphatic carbocycles. The van der Waals surface area contributed by atoms with E-state index in [0.717, 1.165) is 16.6 Å². The van der Waals surface area contributed by atoms with Crippen molar-refractivity contribution in [2.24, 2.45) is 0 Å². The van der Waals surface area contributed by atoms with Crippen LogP contribution in [0, 0.1) is 6.92 Å². The summed E-state index contributed by atoms with van der Waals surface area (Å²) in [6, 6.07) is 6.46. The summed E-state index contributed by atoms with van der Waals surface area (Å²) in [5, 5.41) is 3.34. The van der Waals surface area contributed by atoms with Crippen LogP contribution in [0.1, 0.15) is 22.9 Å². The van der Waals surface area contributed by atoms with E-state index in [-0.39, 0.29) is 6.04 Å². The fourth-order valence-electron chi connectivity index (χ4n) is 2.04. The second kappa shape index (κ2) is 6.07. The normalized spacial score (nSPS) is 12.4. The maximum absolute atomic E-state index is 4.34. The van der Waals surface area contributed by atoms with Gasteiger partial charge in [-0.25, -0.2) is 0 Å². The van der Waals surface area contributed by atoms with E-state index >= 15 is 0 Å². The lowest BCUT2D eigenvalue weighted by Crippen LogP contribution is -2.20. The van der Waals surface area contributed by atoms with E-state index in [2.05, 4.69) is 43.3 Å². The number of hydrogen-bond donors (Lipinski definition) is 1. The van der Waals surface area contributed by atoms with Gasteiger partial charge in [-0.1, -0.05) is 6.07 Å². The van der Waals surface area contributed by atoms with Crippen LogP contribution in [0.25, 0.3) is 0 Å². The lowest BCUT2D eigenvalue weighted by atomic mass is 9.99. The van der Waals surface area contributed by atoms with Gasteiger partial charge in [0.1, 0.15) is 0 Å². The molecule has 1 unspecified atom stereocenters. The summed E-state index contributed by atoms with van der Waals surface area (Å²) in [5.74, 6) is 0. The van der Waals surface area contributed by atoms with Gasteiger partial charge in [-0.3, -0.25) is 9.97 Å². The Labute approximate surface area is 116 Å². The zero-order valence-corrected chi connectivity index (χ0v) is 12.1. The maximum atomic E-state index is 4.34. The van der Waals surface area contributed by atoms with Crippen molar-refractivity contribution in [2.75, 3.05) is 7.05 Å². The maximum Gasteiger partial charge on any atom is 0.0420 e. The minimum atomic E-state index is 0.259. The molecule has 2 aromatic rings. The van der Waals surface area contributed by atoms with Gasteiger partial charge >= 0.3 is 0 Å². The number of nitrogens with one attached hydrogen (secondary N) is 1. The lowest BCUT2D eigenvalue weighted by Gasteiger charge is -2.18. The molecule has 4 heteroatoms. The van der Waals surface area contributed by atoms with E-state index in [4.69, 9.17) is 0 Å². The number of halogens is 1. The Morgan fingerprint density at radius 1 is 1.39 bits per heavy atom. The highest BCUT2D eigenvalue weighted by Crippen LogP contribution is 2.21. The number of aryl methyl sites for hydroxylation is 1. The average Bonchev–Trinajstić information content (AvgIpc) is 2.37. The summed E-state index contributed by atoms with van der Waals surface area (Å²) in [6.07, 6.45) is 6.43. The third-order valence-electron chi connectivity index (χ3n) is 2.97. The highest BCUT2D eigenvalue weighted by Gasteiger charge is 2.13. The van der Waals surface area contributed by atoms with Crippen LogP contribution in [-0.2, 0) is 6.42 Å². The molecule has 3 nitrogen and oxygen atoms in total. The third-order valence-corrected chi connectivity index (χ3v) is 3.41. The fraction of sp³-hybridized carbons (Fsp3) is 0.286. The van der Waals surface area contributed by atoms with E-state index in [9.17, 15) is 0 Å². The second-order valence-corrected chi connectivity index (χ2v) is 5.15. The van der Waals surface area contributed by atoms with Crippen molar-refractivity contribution in [2.45, 2.75) is 19.4 Å². The van der Waals surface area contributed by atoms with E-state index in [1.807, 2.05) is 32.4 Å². The highest BCUT2D eigenvalue weighted by molar-refractivity contribution is 9.10. The molecule has 0 aliphatic heterocycles. The van der Waals surface area contributed by atoms with Crippen molar-refractivity contribution < 1.29 is 0 Å². The molecule has 0 spiro atoms. The molecule has 18 heavy (non-hydrogen) atoms. The Hall–Kier alpha value is -1.26.